The summed E-state index contributed by atoms with van der Waals surface area (Å²) in [6.07, 6.45) is 1.77. The Morgan fingerprint density at radius 1 is 1.17 bits per heavy atom. The summed E-state index contributed by atoms with van der Waals surface area (Å²) in [4.78, 5) is 17.2. The van der Waals surface area contributed by atoms with E-state index in [-0.39, 0.29) is 17.9 Å². The van der Waals surface area contributed by atoms with E-state index in [1.54, 1.807) is 0 Å². The summed E-state index contributed by atoms with van der Waals surface area (Å²) < 4.78 is 0. The molecule has 1 aliphatic rings. The van der Waals surface area contributed by atoms with Gasteiger partial charge in [0.1, 0.15) is 0 Å². The van der Waals surface area contributed by atoms with E-state index in [4.69, 9.17) is 11.6 Å². The van der Waals surface area contributed by atoms with Gasteiger partial charge in [0.2, 0.25) is 5.91 Å². The molecule has 0 aliphatic carbocycles. The van der Waals surface area contributed by atoms with Crippen LogP contribution in [0.2, 0.25) is 5.02 Å². The average Bonchev–Trinajstić information content (AvgIpc) is 2.59. The van der Waals surface area contributed by atoms with Gasteiger partial charge in [-0.3, -0.25) is 9.69 Å². The average molecular weight is 352 g/mol. The lowest BCUT2D eigenvalue weighted by atomic mass is 10.0. The predicted molar refractivity (Wildman–Crippen MR) is 100 cm³/mol. The first-order valence-corrected chi connectivity index (χ1v) is 9.39. The van der Waals surface area contributed by atoms with E-state index in [0.717, 1.165) is 49.6 Å². The zero-order chi connectivity index (χ0) is 17.5. The molecule has 2 rings (SSSR count). The van der Waals surface area contributed by atoms with Gasteiger partial charge >= 0.3 is 0 Å². The fourth-order valence-electron chi connectivity index (χ4n) is 3.32. The molecule has 1 fully saturated rings. The van der Waals surface area contributed by atoms with Crippen LogP contribution < -0.4 is 5.32 Å². The maximum absolute atomic E-state index is 12.4. The van der Waals surface area contributed by atoms with E-state index in [1.165, 1.54) is 0 Å². The molecule has 24 heavy (non-hydrogen) atoms. The van der Waals surface area contributed by atoms with E-state index < -0.39 is 0 Å². The van der Waals surface area contributed by atoms with Crippen molar-refractivity contribution in [3.05, 3.63) is 34.9 Å². The Kier molecular flexibility index (Phi) is 7.53. The molecule has 0 radical (unpaired) electrons. The normalized spacial score (nSPS) is 17.9. The number of likely N-dealkylation sites (N-methyl/N-ethyl adjacent to an activating group) is 1. The molecule has 5 heteroatoms. The van der Waals surface area contributed by atoms with Crippen molar-refractivity contribution in [3.63, 3.8) is 0 Å². The molecule has 1 aliphatic heterocycles. The van der Waals surface area contributed by atoms with Gasteiger partial charge < -0.3 is 10.2 Å². The quantitative estimate of drug-likeness (QED) is 0.819. The smallest absolute Gasteiger partial charge is 0.223 e. The number of carbonyl (C=O) groups is 1. The van der Waals surface area contributed by atoms with E-state index in [9.17, 15) is 4.79 Å². The van der Waals surface area contributed by atoms with Gasteiger partial charge in [0.15, 0.2) is 0 Å². The van der Waals surface area contributed by atoms with E-state index in [0.29, 0.717) is 6.54 Å². The number of benzene rings is 1. The van der Waals surface area contributed by atoms with Gasteiger partial charge in [0.25, 0.3) is 0 Å². The highest BCUT2D eigenvalue weighted by Gasteiger charge is 2.26. The third kappa shape index (κ3) is 4.95. The molecule has 1 saturated heterocycles. The van der Waals surface area contributed by atoms with Crippen LogP contribution in [-0.2, 0) is 4.79 Å². The van der Waals surface area contributed by atoms with Gasteiger partial charge in [-0.15, -0.1) is 0 Å². The second-order valence-corrected chi connectivity index (χ2v) is 7.04. The number of carbonyl (C=O) groups excluding carboxylic acids is 1. The molecule has 1 unspecified atom stereocenters. The molecule has 1 atom stereocenters. The highest BCUT2D eigenvalue weighted by atomic mass is 35.5. The van der Waals surface area contributed by atoms with Gasteiger partial charge in [-0.05, 0) is 31.5 Å². The molecule has 1 heterocycles. The van der Waals surface area contributed by atoms with Crippen molar-refractivity contribution in [2.24, 2.45) is 5.92 Å². The lowest BCUT2D eigenvalue weighted by molar-refractivity contribution is -0.125. The Bertz CT molecular complexity index is 525. The molecular formula is C19H30ClN3O. The molecule has 1 amide bonds. The molecule has 1 aromatic carbocycles. The highest BCUT2D eigenvalue weighted by Crippen LogP contribution is 2.28. The van der Waals surface area contributed by atoms with Crippen molar-refractivity contribution in [2.45, 2.75) is 32.7 Å². The summed E-state index contributed by atoms with van der Waals surface area (Å²) in [5.41, 5.74) is 1.11. The second kappa shape index (κ2) is 9.40. The monoisotopic (exact) mass is 351 g/mol. The molecule has 0 bridgehead atoms. The van der Waals surface area contributed by atoms with Crippen LogP contribution in [0.3, 0.4) is 0 Å². The fraction of sp³-hybridized carbons (Fsp3) is 0.632. The predicted octanol–water partition coefficient (Wildman–Crippen LogP) is 3.18. The zero-order valence-electron chi connectivity index (χ0n) is 15.1. The SMILES string of the molecule is CCC(CC)C(=O)NCC(c1ccccc1Cl)N1CCN(C)CC1. The van der Waals surface area contributed by atoms with Crippen LogP contribution in [0.5, 0.6) is 0 Å². The van der Waals surface area contributed by atoms with Gasteiger partial charge in [-0.1, -0.05) is 43.6 Å². The van der Waals surface area contributed by atoms with Crippen molar-refractivity contribution in [1.29, 1.82) is 0 Å². The molecule has 134 valence electrons. The molecular weight excluding hydrogens is 322 g/mol. The lowest BCUT2D eigenvalue weighted by Crippen LogP contribution is -2.49. The minimum absolute atomic E-state index is 0.101. The van der Waals surface area contributed by atoms with E-state index in [1.807, 2.05) is 18.2 Å². The number of nitrogens with zero attached hydrogens (tertiary/aromatic N) is 2. The minimum Gasteiger partial charge on any atom is -0.354 e. The summed E-state index contributed by atoms with van der Waals surface area (Å²) >= 11 is 6.45. The van der Waals surface area contributed by atoms with Crippen LogP contribution in [-0.4, -0.2) is 55.5 Å². The number of rotatable bonds is 7. The Morgan fingerprint density at radius 3 is 2.38 bits per heavy atom. The van der Waals surface area contributed by atoms with Gasteiger partial charge in [0, 0.05) is 43.7 Å². The molecule has 1 N–H and O–H groups in total. The van der Waals surface area contributed by atoms with Crippen LogP contribution in [0.4, 0.5) is 0 Å². The summed E-state index contributed by atoms with van der Waals surface area (Å²) in [7, 11) is 2.15. The number of hydrogen-bond acceptors (Lipinski definition) is 3. The van der Waals surface area contributed by atoms with Crippen LogP contribution in [0, 0.1) is 5.92 Å². The summed E-state index contributed by atoms with van der Waals surface area (Å²) in [6.45, 7) is 8.83. The van der Waals surface area contributed by atoms with Gasteiger partial charge in [-0.2, -0.15) is 0 Å². The number of piperazine rings is 1. The summed E-state index contributed by atoms with van der Waals surface area (Å²) in [5.74, 6) is 0.260. The highest BCUT2D eigenvalue weighted by molar-refractivity contribution is 6.31. The molecule has 4 nitrogen and oxygen atoms in total. The number of halogens is 1. The molecule has 1 aromatic rings. The van der Waals surface area contributed by atoms with Crippen molar-refractivity contribution in [2.75, 3.05) is 39.8 Å². The van der Waals surface area contributed by atoms with Crippen molar-refractivity contribution in [3.8, 4) is 0 Å². The lowest BCUT2D eigenvalue weighted by Gasteiger charge is -2.38. The van der Waals surface area contributed by atoms with Crippen LogP contribution >= 0.6 is 11.6 Å². The number of nitrogens with one attached hydrogen (secondary N) is 1. The van der Waals surface area contributed by atoms with E-state index in [2.05, 4.69) is 42.1 Å². The largest absolute Gasteiger partial charge is 0.354 e. The number of hydrogen-bond donors (Lipinski definition) is 1. The first kappa shape index (κ1) is 19.2. The van der Waals surface area contributed by atoms with Crippen molar-refractivity contribution >= 4 is 17.5 Å². The van der Waals surface area contributed by atoms with E-state index >= 15 is 0 Å². The number of amides is 1. The fourth-order valence-corrected chi connectivity index (χ4v) is 3.58. The Morgan fingerprint density at radius 2 is 1.79 bits per heavy atom. The minimum atomic E-state index is 0.101. The molecule has 0 saturated carbocycles. The third-order valence-electron chi connectivity index (χ3n) is 5.07. The molecule has 0 spiro atoms. The zero-order valence-corrected chi connectivity index (χ0v) is 15.9. The Hall–Kier alpha value is -1.10. The Labute approximate surface area is 151 Å². The van der Waals surface area contributed by atoms with Crippen LogP contribution in [0.25, 0.3) is 0 Å². The summed E-state index contributed by atoms with van der Waals surface area (Å²) in [6, 6.07) is 8.12. The third-order valence-corrected chi connectivity index (χ3v) is 5.41. The second-order valence-electron chi connectivity index (χ2n) is 6.64. The van der Waals surface area contributed by atoms with Crippen molar-refractivity contribution in [1.82, 2.24) is 15.1 Å². The van der Waals surface area contributed by atoms with Crippen molar-refractivity contribution < 1.29 is 4.79 Å². The standard InChI is InChI=1S/C19H30ClN3O/c1-4-15(5-2)19(24)21-14-18(16-8-6-7-9-17(16)20)23-12-10-22(3)11-13-23/h6-9,15,18H,4-5,10-14H2,1-3H3,(H,21,24). The Balaban J connectivity index is 2.11. The van der Waals surface area contributed by atoms with Gasteiger partial charge in [-0.25, -0.2) is 0 Å². The first-order valence-electron chi connectivity index (χ1n) is 9.01. The van der Waals surface area contributed by atoms with Crippen LogP contribution in [0.15, 0.2) is 24.3 Å². The maximum atomic E-state index is 12.4. The summed E-state index contributed by atoms with van der Waals surface area (Å²) in [5, 5.41) is 3.94. The van der Waals surface area contributed by atoms with Crippen LogP contribution in [0.1, 0.15) is 38.3 Å². The maximum Gasteiger partial charge on any atom is 0.223 e. The van der Waals surface area contributed by atoms with Gasteiger partial charge in [0.05, 0.1) is 6.04 Å². The molecule has 0 aromatic heterocycles. The first-order chi connectivity index (χ1) is 11.6. The topological polar surface area (TPSA) is 35.6 Å².